The van der Waals surface area contributed by atoms with Gasteiger partial charge in [0.25, 0.3) is 0 Å². The highest BCUT2D eigenvalue weighted by molar-refractivity contribution is 6.31. The zero-order valence-corrected chi connectivity index (χ0v) is 15.2. The van der Waals surface area contributed by atoms with E-state index in [0.29, 0.717) is 33.8 Å². The number of hydrazone groups is 1. The molecule has 0 aliphatic carbocycles. The van der Waals surface area contributed by atoms with Crippen LogP contribution >= 0.6 is 11.6 Å². The number of ether oxygens (including phenoxy) is 1. The van der Waals surface area contributed by atoms with E-state index >= 15 is 0 Å². The van der Waals surface area contributed by atoms with Gasteiger partial charge >= 0.3 is 5.97 Å². The maximum atomic E-state index is 13.9. The summed E-state index contributed by atoms with van der Waals surface area (Å²) >= 11 is 6.16. The Morgan fingerprint density at radius 2 is 2.19 bits per heavy atom. The molecule has 0 bridgehead atoms. The normalized spacial score (nSPS) is 10.8. The van der Waals surface area contributed by atoms with Crippen LogP contribution < -0.4 is 5.01 Å². The molecule has 0 aliphatic rings. The fourth-order valence-electron chi connectivity index (χ4n) is 2.26. The van der Waals surface area contributed by atoms with Crippen molar-refractivity contribution in [3.05, 3.63) is 57.5 Å². The van der Waals surface area contributed by atoms with Crippen molar-refractivity contribution in [2.24, 2.45) is 5.10 Å². The van der Waals surface area contributed by atoms with Crippen LogP contribution in [-0.4, -0.2) is 30.5 Å². The average Bonchev–Trinajstić information content (AvgIpc) is 2.57. The predicted molar refractivity (Wildman–Crippen MR) is 97.2 cm³/mol. The van der Waals surface area contributed by atoms with E-state index in [2.05, 4.69) is 10.1 Å². The number of benzene rings is 1. The fourth-order valence-corrected chi connectivity index (χ4v) is 2.46. The van der Waals surface area contributed by atoms with Crippen LogP contribution in [0.1, 0.15) is 34.0 Å². The van der Waals surface area contributed by atoms with Crippen LogP contribution in [0.15, 0.2) is 29.5 Å². The van der Waals surface area contributed by atoms with E-state index in [-0.39, 0.29) is 12.2 Å². The number of esters is 1. The number of hydrogen-bond acceptors (Lipinski definition) is 6. The molecule has 136 valence electrons. The number of carbonyl (C=O) groups excluding carboxylic acids is 2. The third kappa shape index (κ3) is 4.64. The molecule has 0 fully saturated rings. The van der Waals surface area contributed by atoms with E-state index in [1.54, 1.807) is 26.1 Å². The van der Waals surface area contributed by atoms with Crippen LogP contribution in [0.5, 0.6) is 0 Å². The lowest BCUT2D eigenvalue weighted by molar-refractivity contribution is -0.142. The van der Waals surface area contributed by atoms with Crippen molar-refractivity contribution in [2.45, 2.75) is 20.5 Å². The molecule has 1 aromatic carbocycles. The van der Waals surface area contributed by atoms with E-state index < -0.39 is 11.8 Å². The molecule has 0 spiro atoms. The smallest absolute Gasteiger partial charge is 0.302 e. The van der Waals surface area contributed by atoms with Gasteiger partial charge in [0.15, 0.2) is 12.1 Å². The number of nitrogens with zero attached hydrogens (tertiary/aromatic N) is 3. The predicted octanol–water partition coefficient (Wildman–Crippen LogP) is 3.53. The van der Waals surface area contributed by atoms with Crippen molar-refractivity contribution in [2.75, 3.05) is 12.1 Å². The number of aldehydes is 1. The number of carbonyl (C=O) groups is 2. The molecule has 0 radical (unpaired) electrons. The number of aryl methyl sites for hydroxylation is 1. The van der Waals surface area contributed by atoms with E-state index in [1.165, 1.54) is 30.4 Å². The molecular formula is C18H17ClFN3O3. The van der Waals surface area contributed by atoms with E-state index in [1.807, 2.05) is 0 Å². The van der Waals surface area contributed by atoms with Crippen LogP contribution in [0.2, 0.25) is 5.02 Å². The minimum Gasteiger partial charge on any atom is -0.461 e. The Hall–Kier alpha value is -2.80. The van der Waals surface area contributed by atoms with Crippen LogP contribution in [0.25, 0.3) is 0 Å². The van der Waals surface area contributed by atoms with Gasteiger partial charge in [-0.05, 0) is 30.7 Å². The van der Waals surface area contributed by atoms with E-state index in [9.17, 15) is 14.0 Å². The number of aromatic nitrogens is 1. The largest absolute Gasteiger partial charge is 0.461 e. The molecule has 0 saturated carbocycles. The summed E-state index contributed by atoms with van der Waals surface area (Å²) in [5, 5.41) is 5.98. The first kappa shape index (κ1) is 19.5. The highest BCUT2D eigenvalue weighted by atomic mass is 35.5. The Kier molecular flexibility index (Phi) is 6.41. The zero-order chi connectivity index (χ0) is 19.3. The van der Waals surface area contributed by atoms with Gasteiger partial charge in [0, 0.05) is 25.7 Å². The summed E-state index contributed by atoms with van der Waals surface area (Å²) in [6.45, 7) is 2.95. The Bertz CT molecular complexity index is 871. The summed E-state index contributed by atoms with van der Waals surface area (Å²) in [5.74, 6) is -0.691. The van der Waals surface area contributed by atoms with Gasteiger partial charge in [-0.25, -0.2) is 9.37 Å². The summed E-state index contributed by atoms with van der Waals surface area (Å²) < 4.78 is 18.9. The maximum Gasteiger partial charge on any atom is 0.302 e. The van der Waals surface area contributed by atoms with Gasteiger partial charge < -0.3 is 4.74 Å². The first-order chi connectivity index (χ1) is 12.3. The summed E-state index contributed by atoms with van der Waals surface area (Å²) in [6.07, 6.45) is 3.29. The summed E-state index contributed by atoms with van der Waals surface area (Å²) in [5.41, 5.74) is 1.41. The van der Waals surface area contributed by atoms with Crippen molar-refractivity contribution < 1.29 is 18.7 Å². The summed E-state index contributed by atoms with van der Waals surface area (Å²) in [6, 6.07) is 4.50. The van der Waals surface area contributed by atoms with Crippen molar-refractivity contribution in [1.29, 1.82) is 0 Å². The SMILES string of the molecule is CC(=O)OCc1c(Cl)ccnc1N(C)/N=C\c1cc(C)cc(F)c1C=O. The molecule has 0 aliphatic heterocycles. The van der Waals surface area contributed by atoms with Crippen molar-refractivity contribution >= 4 is 35.9 Å². The highest BCUT2D eigenvalue weighted by Crippen LogP contribution is 2.25. The molecular weight excluding hydrogens is 361 g/mol. The minimum atomic E-state index is -0.611. The third-order valence-corrected chi connectivity index (χ3v) is 3.85. The molecule has 1 aromatic heterocycles. The lowest BCUT2D eigenvalue weighted by Gasteiger charge is -2.17. The Morgan fingerprint density at radius 3 is 2.85 bits per heavy atom. The average molecular weight is 378 g/mol. The second kappa shape index (κ2) is 8.53. The second-order valence-electron chi connectivity index (χ2n) is 5.51. The van der Waals surface area contributed by atoms with Gasteiger partial charge in [-0.1, -0.05) is 11.6 Å². The first-order valence-electron chi connectivity index (χ1n) is 7.63. The van der Waals surface area contributed by atoms with Gasteiger partial charge in [0.2, 0.25) is 0 Å². The Labute approximate surface area is 155 Å². The van der Waals surface area contributed by atoms with E-state index in [0.717, 1.165) is 0 Å². The number of rotatable bonds is 6. The van der Waals surface area contributed by atoms with Gasteiger partial charge in [0.05, 0.1) is 22.4 Å². The summed E-state index contributed by atoms with van der Waals surface area (Å²) in [7, 11) is 1.61. The molecule has 0 amide bonds. The molecule has 0 unspecified atom stereocenters. The number of hydrogen-bond donors (Lipinski definition) is 0. The number of halogens is 2. The zero-order valence-electron chi connectivity index (χ0n) is 14.5. The van der Waals surface area contributed by atoms with Gasteiger partial charge in [-0.15, -0.1) is 0 Å². The molecule has 0 atom stereocenters. The standard InChI is InChI=1S/C18H17ClFN3O3/c1-11-6-13(14(9-24)17(20)7-11)8-22-23(3)18-15(10-26-12(2)25)16(19)4-5-21-18/h4-9H,10H2,1-3H3/b22-8-. The Balaban J connectivity index is 2.35. The van der Waals surface area contributed by atoms with Gasteiger partial charge in [0.1, 0.15) is 12.4 Å². The molecule has 26 heavy (non-hydrogen) atoms. The molecule has 2 rings (SSSR count). The quantitative estimate of drug-likeness (QED) is 0.333. The number of anilines is 1. The third-order valence-electron chi connectivity index (χ3n) is 3.50. The van der Waals surface area contributed by atoms with Crippen LogP contribution in [0, 0.1) is 12.7 Å². The molecule has 0 N–H and O–H groups in total. The van der Waals surface area contributed by atoms with Crippen molar-refractivity contribution in [1.82, 2.24) is 4.98 Å². The highest BCUT2D eigenvalue weighted by Gasteiger charge is 2.14. The molecule has 6 nitrogen and oxygen atoms in total. The summed E-state index contributed by atoms with van der Waals surface area (Å²) in [4.78, 5) is 26.4. The molecule has 1 heterocycles. The molecule has 8 heteroatoms. The van der Waals surface area contributed by atoms with Crippen LogP contribution in [-0.2, 0) is 16.1 Å². The molecule has 0 saturated heterocycles. The Morgan fingerprint density at radius 1 is 1.46 bits per heavy atom. The minimum absolute atomic E-state index is 0.0597. The topological polar surface area (TPSA) is 71.9 Å². The monoisotopic (exact) mass is 377 g/mol. The number of pyridine rings is 1. The molecule has 2 aromatic rings. The maximum absolute atomic E-state index is 13.9. The van der Waals surface area contributed by atoms with E-state index in [4.69, 9.17) is 16.3 Å². The van der Waals surface area contributed by atoms with Crippen molar-refractivity contribution in [3.8, 4) is 0 Å². The van der Waals surface area contributed by atoms with Crippen molar-refractivity contribution in [3.63, 3.8) is 0 Å². The fraction of sp³-hybridized carbons (Fsp3) is 0.222. The first-order valence-corrected chi connectivity index (χ1v) is 8.01. The lowest BCUT2D eigenvalue weighted by atomic mass is 10.1. The van der Waals surface area contributed by atoms with Gasteiger partial charge in [-0.3, -0.25) is 14.6 Å². The van der Waals surface area contributed by atoms with Crippen LogP contribution in [0.3, 0.4) is 0 Å². The van der Waals surface area contributed by atoms with Gasteiger partial charge in [-0.2, -0.15) is 5.10 Å². The lowest BCUT2D eigenvalue weighted by Crippen LogP contribution is -2.15. The van der Waals surface area contributed by atoms with Crippen LogP contribution in [0.4, 0.5) is 10.2 Å². The second-order valence-corrected chi connectivity index (χ2v) is 5.92.